The van der Waals surface area contributed by atoms with Crippen LogP contribution < -0.4 is 15.8 Å². The van der Waals surface area contributed by atoms with Gasteiger partial charge in [-0.1, -0.05) is 17.7 Å². The van der Waals surface area contributed by atoms with Crippen molar-refractivity contribution in [3.63, 3.8) is 0 Å². The fourth-order valence-electron chi connectivity index (χ4n) is 1.87. The van der Waals surface area contributed by atoms with Crippen LogP contribution in [0.1, 0.15) is 15.9 Å². The Morgan fingerprint density at radius 3 is 2.75 bits per heavy atom. The minimum Gasteiger partial charge on any atom is -0.495 e. The number of amides is 1. The van der Waals surface area contributed by atoms with E-state index in [0.717, 1.165) is 5.56 Å². The Balaban J connectivity index is 2.32. The number of hydrogen-bond donors (Lipinski definition) is 2. The quantitative estimate of drug-likeness (QED) is 0.851. The molecule has 0 aliphatic heterocycles. The molecular formula is C15H15ClN2O2. The van der Waals surface area contributed by atoms with Crippen LogP contribution in [-0.4, -0.2) is 13.0 Å². The normalized spacial score (nSPS) is 10.2. The number of halogens is 1. The van der Waals surface area contributed by atoms with Crippen LogP contribution >= 0.6 is 11.6 Å². The van der Waals surface area contributed by atoms with Gasteiger partial charge < -0.3 is 15.8 Å². The standard InChI is InChI=1S/C15H15ClN2O2/c1-9-11(4-3-5-12(9)17)15(19)18-13-8-10(16)6-7-14(13)20-2/h3-8H,17H2,1-2H3,(H,18,19). The van der Waals surface area contributed by atoms with Crippen LogP contribution in [0.5, 0.6) is 5.75 Å². The molecule has 0 saturated carbocycles. The fourth-order valence-corrected chi connectivity index (χ4v) is 2.04. The van der Waals surface area contributed by atoms with E-state index in [1.54, 1.807) is 43.3 Å². The van der Waals surface area contributed by atoms with Gasteiger partial charge in [-0.3, -0.25) is 4.79 Å². The predicted molar refractivity (Wildman–Crippen MR) is 81.5 cm³/mol. The van der Waals surface area contributed by atoms with Gasteiger partial charge in [0, 0.05) is 16.3 Å². The van der Waals surface area contributed by atoms with E-state index in [4.69, 9.17) is 22.1 Å². The van der Waals surface area contributed by atoms with Gasteiger partial charge in [-0.25, -0.2) is 0 Å². The number of nitrogens with one attached hydrogen (secondary N) is 1. The van der Waals surface area contributed by atoms with Gasteiger partial charge in [0.25, 0.3) is 5.91 Å². The molecule has 104 valence electrons. The SMILES string of the molecule is COc1ccc(Cl)cc1NC(=O)c1cccc(N)c1C. The second-order valence-electron chi connectivity index (χ2n) is 4.32. The van der Waals surface area contributed by atoms with E-state index in [2.05, 4.69) is 5.32 Å². The maximum Gasteiger partial charge on any atom is 0.256 e. The zero-order chi connectivity index (χ0) is 14.7. The van der Waals surface area contributed by atoms with Gasteiger partial charge in [-0.2, -0.15) is 0 Å². The van der Waals surface area contributed by atoms with E-state index in [-0.39, 0.29) is 5.91 Å². The average molecular weight is 291 g/mol. The van der Waals surface area contributed by atoms with Crippen molar-refractivity contribution in [2.75, 3.05) is 18.2 Å². The van der Waals surface area contributed by atoms with Crippen LogP contribution in [0, 0.1) is 6.92 Å². The van der Waals surface area contributed by atoms with Crippen LogP contribution in [0.25, 0.3) is 0 Å². The predicted octanol–water partition coefficient (Wildman–Crippen LogP) is 3.49. The lowest BCUT2D eigenvalue weighted by molar-refractivity contribution is 0.102. The van der Waals surface area contributed by atoms with Crippen molar-refractivity contribution in [3.05, 3.63) is 52.5 Å². The summed E-state index contributed by atoms with van der Waals surface area (Å²) in [7, 11) is 1.53. The van der Waals surface area contributed by atoms with Crippen molar-refractivity contribution in [3.8, 4) is 5.75 Å². The Labute approximate surface area is 122 Å². The monoisotopic (exact) mass is 290 g/mol. The molecule has 0 aliphatic rings. The molecule has 0 unspecified atom stereocenters. The molecule has 2 aromatic carbocycles. The van der Waals surface area contributed by atoms with Crippen LogP contribution in [-0.2, 0) is 0 Å². The van der Waals surface area contributed by atoms with Gasteiger partial charge in [0.2, 0.25) is 0 Å². The maximum atomic E-state index is 12.3. The van der Waals surface area contributed by atoms with E-state index in [1.807, 2.05) is 0 Å². The first-order chi connectivity index (χ1) is 9.52. The second kappa shape index (κ2) is 5.84. The summed E-state index contributed by atoms with van der Waals surface area (Å²) in [6.07, 6.45) is 0. The summed E-state index contributed by atoms with van der Waals surface area (Å²) in [6, 6.07) is 10.3. The van der Waals surface area contributed by atoms with Crippen molar-refractivity contribution < 1.29 is 9.53 Å². The number of carbonyl (C=O) groups excluding carboxylic acids is 1. The third-order valence-corrected chi connectivity index (χ3v) is 3.27. The topological polar surface area (TPSA) is 64.3 Å². The van der Waals surface area contributed by atoms with Gasteiger partial charge in [0.05, 0.1) is 12.8 Å². The molecule has 0 aromatic heterocycles. The number of carbonyl (C=O) groups is 1. The molecule has 20 heavy (non-hydrogen) atoms. The largest absolute Gasteiger partial charge is 0.495 e. The zero-order valence-electron chi connectivity index (χ0n) is 11.2. The zero-order valence-corrected chi connectivity index (χ0v) is 12.0. The molecule has 0 atom stereocenters. The Hall–Kier alpha value is -2.20. The van der Waals surface area contributed by atoms with Crippen LogP contribution in [0.2, 0.25) is 5.02 Å². The van der Waals surface area contributed by atoms with Gasteiger partial charge in [0.1, 0.15) is 5.75 Å². The molecule has 0 saturated heterocycles. The first-order valence-electron chi connectivity index (χ1n) is 6.03. The van der Waals surface area contributed by atoms with Crippen molar-refractivity contribution in [2.24, 2.45) is 0 Å². The number of rotatable bonds is 3. The Bertz CT molecular complexity index is 656. The Kier molecular flexibility index (Phi) is 4.15. The van der Waals surface area contributed by atoms with Crippen molar-refractivity contribution in [1.29, 1.82) is 0 Å². The van der Waals surface area contributed by atoms with Gasteiger partial charge in [0.15, 0.2) is 0 Å². The lowest BCUT2D eigenvalue weighted by atomic mass is 10.1. The number of methoxy groups -OCH3 is 1. The number of anilines is 2. The molecule has 1 amide bonds. The van der Waals surface area contributed by atoms with Crippen LogP contribution in [0.15, 0.2) is 36.4 Å². The molecule has 5 heteroatoms. The van der Waals surface area contributed by atoms with Crippen molar-refractivity contribution in [2.45, 2.75) is 6.92 Å². The average Bonchev–Trinajstić information content (AvgIpc) is 2.42. The summed E-state index contributed by atoms with van der Waals surface area (Å²) in [4.78, 5) is 12.3. The number of ether oxygens (including phenoxy) is 1. The first-order valence-corrected chi connectivity index (χ1v) is 6.40. The van der Waals surface area contributed by atoms with Crippen LogP contribution in [0.3, 0.4) is 0 Å². The smallest absolute Gasteiger partial charge is 0.256 e. The molecule has 0 fully saturated rings. The molecule has 0 spiro atoms. The molecule has 2 rings (SSSR count). The minimum absolute atomic E-state index is 0.254. The minimum atomic E-state index is -0.254. The molecule has 4 nitrogen and oxygen atoms in total. The van der Waals surface area contributed by atoms with E-state index >= 15 is 0 Å². The lowest BCUT2D eigenvalue weighted by Crippen LogP contribution is -2.14. The van der Waals surface area contributed by atoms with E-state index in [1.165, 1.54) is 7.11 Å². The number of benzene rings is 2. The summed E-state index contributed by atoms with van der Waals surface area (Å²) in [5.74, 6) is 0.291. The molecule has 0 aliphatic carbocycles. The molecule has 3 N–H and O–H groups in total. The molecule has 0 bridgehead atoms. The maximum absolute atomic E-state index is 12.3. The van der Waals surface area contributed by atoms with Gasteiger partial charge >= 0.3 is 0 Å². The summed E-state index contributed by atoms with van der Waals surface area (Å²) in [5.41, 5.74) is 8.17. The summed E-state index contributed by atoms with van der Waals surface area (Å²) in [6.45, 7) is 1.81. The van der Waals surface area contributed by atoms with Crippen molar-refractivity contribution in [1.82, 2.24) is 0 Å². The second-order valence-corrected chi connectivity index (χ2v) is 4.75. The highest BCUT2D eigenvalue weighted by Gasteiger charge is 2.13. The summed E-state index contributed by atoms with van der Waals surface area (Å²) < 4.78 is 5.19. The Morgan fingerprint density at radius 2 is 2.05 bits per heavy atom. The number of nitrogens with two attached hydrogens (primary N) is 1. The molecule has 0 heterocycles. The van der Waals surface area contributed by atoms with E-state index < -0.39 is 0 Å². The van der Waals surface area contributed by atoms with E-state index in [9.17, 15) is 4.79 Å². The van der Waals surface area contributed by atoms with E-state index in [0.29, 0.717) is 27.7 Å². The molecule has 2 aromatic rings. The van der Waals surface area contributed by atoms with Gasteiger partial charge in [-0.15, -0.1) is 0 Å². The molecular weight excluding hydrogens is 276 g/mol. The summed E-state index contributed by atoms with van der Waals surface area (Å²) in [5, 5.41) is 3.30. The molecule has 0 radical (unpaired) electrons. The third-order valence-electron chi connectivity index (χ3n) is 3.03. The van der Waals surface area contributed by atoms with Gasteiger partial charge in [-0.05, 0) is 42.8 Å². The summed E-state index contributed by atoms with van der Waals surface area (Å²) >= 11 is 5.93. The number of hydrogen-bond acceptors (Lipinski definition) is 3. The first kappa shape index (κ1) is 14.2. The highest BCUT2D eigenvalue weighted by Crippen LogP contribution is 2.28. The third kappa shape index (κ3) is 2.86. The highest BCUT2D eigenvalue weighted by molar-refractivity contribution is 6.31. The van der Waals surface area contributed by atoms with Crippen LogP contribution in [0.4, 0.5) is 11.4 Å². The number of nitrogen functional groups attached to an aromatic ring is 1. The van der Waals surface area contributed by atoms with Crippen molar-refractivity contribution >= 4 is 28.9 Å². The lowest BCUT2D eigenvalue weighted by Gasteiger charge is -2.12. The fraction of sp³-hybridized carbons (Fsp3) is 0.133. The highest BCUT2D eigenvalue weighted by atomic mass is 35.5. The Morgan fingerprint density at radius 1 is 1.30 bits per heavy atom.